The molecule has 8 heteroatoms. The molecule has 0 saturated carbocycles. The third-order valence-electron chi connectivity index (χ3n) is 4.48. The van der Waals surface area contributed by atoms with E-state index >= 15 is 0 Å². The molecule has 1 aliphatic rings. The minimum atomic E-state index is -0.618. The van der Waals surface area contributed by atoms with Crippen LogP contribution in [0, 0.1) is 10.1 Å². The molecule has 1 aliphatic heterocycles. The van der Waals surface area contributed by atoms with Crippen molar-refractivity contribution in [1.29, 1.82) is 0 Å². The number of carbonyl (C=O) groups is 1. The maximum Gasteiger partial charge on any atom is 0.282 e. The predicted octanol–water partition coefficient (Wildman–Crippen LogP) is 4.79. The van der Waals surface area contributed by atoms with Crippen LogP contribution < -0.4 is 4.90 Å². The molecule has 3 aromatic rings. The van der Waals surface area contributed by atoms with E-state index in [2.05, 4.69) is 4.99 Å². The maximum atomic E-state index is 13.2. The van der Waals surface area contributed by atoms with E-state index < -0.39 is 16.6 Å². The summed E-state index contributed by atoms with van der Waals surface area (Å²) in [6.45, 7) is 0. The average Bonchev–Trinajstić information content (AvgIpc) is 3.06. The number of nitro groups is 1. The average molecular weight is 420 g/mol. The summed E-state index contributed by atoms with van der Waals surface area (Å²) in [7, 11) is 0. The number of benzene rings is 3. The van der Waals surface area contributed by atoms with Gasteiger partial charge in [0.15, 0.2) is 0 Å². The zero-order valence-electron chi connectivity index (χ0n) is 15.4. The van der Waals surface area contributed by atoms with Gasteiger partial charge < -0.3 is 5.11 Å². The normalized spacial score (nSPS) is 14.8. The first-order valence-electron chi connectivity index (χ1n) is 8.87. The van der Waals surface area contributed by atoms with Gasteiger partial charge in [-0.1, -0.05) is 54.1 Å². The van der Waals surface area contributed by atoms with Crippen LogP contribution in [0.15, 0.2) is 83.5 Å². The smallest absolute Gasteiger partial charge is 0.282 e. The van der Waals surface area contributed by atoms with Crippen molar-refractivity contribution in [3.63, 3.8) is 0 Å². The van der Waals surface area contributed by atoms with E-state index in [1.165, 1.54) is 17.0 Å². The lowest BCUT2D eigenvalue weighted by molar-refractivity contribution is -0.384. The Morgan fingerprint density at radius 2 is 1.73 bits per heavy atom. The molecule has 7 nitrogen and oxygen atoms in total. The molecule has 1 amide bonds. The van der Waals surface area contributed by atoms with Gasteiger partial charge in [0.05, 0.1) is 16.7 Å². The second-order valence-corrected chi connectivity index (χ2v) is 6.89. The molecule has 0 atom stereocenters. The Balaban J connectivity index is 1.83. The van der Waals surface area contributed by atoms with E-state index in [0.717, 1.165) is 11.6 Å². The van der Waals surface area contributed by atoms with Crippen LogP contribution in [-0.4, -0.2) is 21.8 Å². The molecule has 4 rings (SSSR count). The van der Waals surface area contributed by atoms with Gasteiger partial charge >= 0.3 is 0 Å². The van der Waals surface area contributed by atoms with Crippen LogP contribution in [0.4, 0.5) is 11.4 Å². The number of rotatable bonds is 4. The second-order valence-electron chi connectivity index (χ2n) is 6.45. The molecule has 1 N–H and O–H groups in total. The Bertz CT molecular complexity index is 1200. The lowest BCUT2D eigenvalue weighted by Gasteiger charge is -2.19. The highest BCUT2D eigenvalue weighted by Gasteiger charge is 2.34. The van der Waals surface area contributed by atoms with Gasteiger partial charge in [-0.3, -0.25) is 19.8 Å². The molecule has 0 aromatic heterocycles. The molecule has 0 bridgehead atoms. The fourth-order valence-electron chi connectivity index (χ4n) is 3.05. The first-order valence-corrected chi connectivity index (χ1v) is 9.25. The van der Waals surface area contributed by atoms with E-state index in [-0.39, 0.29) is 17.1 Å². The number of hydrogen-bond donors (Lipinski definition) is 1. The lowest BCUT2D eigenvalue weighted by atomic mass is 10.1. The van der Waals surface area contributed by atoms with Crippen molar-refractivity contribution in [2.75, 3.05) is 4.90 Å². The van der Waals surface area contributed by atoms with Crippen molar-refractivity contribution >= 4 is 40.8 Å². The summed E-state index contributed by atoms with van der Waals surface area (Å²) in [6, 6.07) is 19.5. The summed E-state index contributed by atoms with van der Waals surface area (Å²) >= 11 is 5.92. The number of phenols is 1. The Morgan fingerprint density at radius 3 is 2.37 bits per heavy atom. The van der Waals surface area contributed by atoms with Gasteiger partial charge in [-0.2, -0.15) is 0 Å². The molecule has 0 aliphatic carbocycles. The van der Waals surface area contributed by atoms with Crippen molar-refractivity contribution in [2.24, 2.45) is 4.99 Å². The SMILES string of the molecule is O=C1C(=Cc2ccc(Cl)cc2)N=C(c2ccccc2)N1c1ccc([N+](=O)[O-])cc1O. The fourth-order valence-corrected chi connectivity index (χ4v) is 3.18. The molecule has 0 unspecified atom stereocenters. The first kappa shape index (κ1) is 19.4. The Hall–Kier alpha value is -3.97. The number of amides is 1. The number of phenolic OH excluding ortho intramolecular Hbond substituents is 1. The number of nitro benzene ring substituents is 1. The van der Waals surface area contributed by atoms with Gasteiger partial charge in [0.1, 0.15) is 17.3 Å². The standard InChI is InChI=1S/C22H14ClN3O4/c23-16-8-6-14(7-9-16)12-18-22(28)25(21(24-18)15-4-2-1-3-5-15)19-11-10-17(26(29)30)13-20(19)27/h1-13,27H. The molecule has 1 heterocycles. The monoisotopic (exact) mass is 419 g/mol. The van der Waals surface area contributed by atoms with E-state index in [0.29, 0.717) is 16.4 Å². The van der Waals surface area contributed by atoms with E-state index in [4.69, 9.17) is 11.6 Å². The number of anilines is 1. The number of carbonyl (C=O) groups excluding carboxylic acids is 1. The van der Waals surface area contributed by atoms with Gasteiger partial charge in [0, 0.05) is 16.7 Å². The summed E-state index contributed by atoms with van der Waals surface area (Å²) in [5, 5.41) is 22.0. The van der Waals surface area contributed by atoms with Crippen LogP contribution in [0.25, 0.3) is 6.08 Å². The van der Waals surface area contributed by atoms with E-state index in [1.54, 1.807) is 54.6 Å². The predicted molar refractivity (Wildman–Crippen MR) is 115 cm³/mol. The molecule has 0 fully saturated rings. The van der Waals surface area contributed by atoms with Gasteiger partial charge in [0.25, 0.3) is 11.6 Å². The van der Waals surface area contributed by atoms with E-state index in [9.17, 15) is 20.0 Å². The molecular weight excluding hydrogens is 406 g/mol. The summed E-state index contributed by atoms with van der Waals surface area (Å²) in [5.74, 6) is -0.549. The summed E-state index contributed by atoms with van der Waals surface area (Å²) in [4.78, 5) is 29.3. The molecule has 30 heavy (non-hydrogen) atoms. The topological polar surface area (TPSA) is 96.0 Å². The van der Waals surface area contributed by atoms with Crippen LogP contribution in [0.5, 0.6) is 5.75 Å². The lowest BCUT2D eigenvalue weighted by Crippen LogP contribution is -2.32. The van der Waals surface area contributed by atoms with Crippen LogP contribution in [0.1, 0.15) is 11.1 Å². The maximum absolute atomic E-state index is 13.2. The van der Waals surface area contributed by atoms with Crippen LogP contribution in [-0.2, 0) is 4.79 Å². The minimum absolute atomic E-state index is 0.104. The van der Waals surface area contributed by atoms with Crippen molar-refractivity contribution in [2.45, 2.75) is 0 Å². The zero-order chi connectivity index (χ0) is 21.3. The summed E-state index contributed by atoms with van der Waals surface area (Å²) in [6.07, 6.45) is 1.62. The summed E-state index contributed by atoms with van der Waals surface area (Å²) < 4.78 is 0. The van der Waals surface area contributed by atoms with Crippen molar-refractivity contribution in [3.05, 3.63) is 105 Å². The fraction of sp³-hybridized carbons (Fsp3) is 0. The third-order valence-corrected chi connectivity index (χ3v) is 4.73. The quantitative estimate of drug-likeness (QED) is 0.373. The first-order chi connectivity index (χ1) is 14.4. The molecule has 148 valence electrons. The van der Waals surface area contributed by atoms with Crippen LogP contribution >= 0.6 is 11.6 Å². The molecular formula is C22H14ClN3O4. The van der Waals surface area contributed by atoms with Crippen molar-refractivity contribution in [1.82, 2.24) is 0 Å². The molecule has 3 aromatic carbocycles. The zero-order valence-corrected chi connectivity index (χ0v) is 16.2. The molecule has 0 radical (unpaired) electrons. The third kappa shape index (κ3) is 3.66. The van der Waals surface area contributed by atoms with Gasteiger partial charge in [-0.25, -0.2) is 4.99 Å². The Morgan fingerprint density at radius 1 is 1.03 bits per heavy atom. The number of amidine groups is 1. The number of halogens is 1. The highest BCUT2D eigenvalue weighted by atomic mass is 35.5. The Kier molecular flexibility index (Phi) is 5.04. The second kappa shape index (κ2) is 7.81. The number of aromatic hydroxyl groups is 1. The number of aliphatic imine (C=N–C) groups is 1. The van der Waals surface area contributed by atoms with Crippen LogP contribution in [0.3, 0.4) is 0 Å². The highest BCUT2D eigenvalue weighted by molar-refractivity contribution is 6.33. The number of hydrogen-bond acceptors (Lipinski definition) is 5. The van der Waals surface area contributed by atoms with Gasteiger partial charge in [0.2, 0.25) is 0 Å². The molecule has 0 spiro atoms. The van der Waals surface area contributed by atoms with Gasteiger partial charge in [-0.15, -0.1) is 0 Å². The van der Waals surface area contributed by atoms with Gasteiger partial charge in [-0.05, 0) is 29.8 Å². The largest absolute Gasteiger partial charge is 0.505 e. The minimum Gasteiger partial charge on any atom is -0.505 e. The van der Waals surface area contributed by atoms with Crippen LogP contribution in [0.2, 0.25) is 5.02 Å². The van der Waals surface area contributed by atoms with Crippen molar-refractivity contribution in [3.8, 4) is 5.75 Å². The number of non-ortho nitro benzene ring substituents is 1. The number of nitrogens with zero attached hydrogens (tertiary/aromatic N) is 3. The van der Waals surface area contributed by atoms with Crippen molar-refractivity contribution < 1.29 is 14.8 Å². The highest BCUT2D eigenvalue weighted by Crippen LogP contribution is 2.36. The Labute approximate surface area is 176 Å². The molecule has 0 saturated heterocycles. The summed E-state index contributed by atoms with van der Waals surface area (Å²) in [5.41, 5.74) is 1.37. The van der Waals surface area contributed by atoms with E-state index in [1.807, 2.05) is 6.07 Å².